The largest absolute Gasteiger partial charge is 0.480 e. The van der Waals surface area contributed by atoms with Crippen LogP contribution in [0.5, 0.6) is 0 Å². The van der Waals surface area contributed by atoms with E-state index >= 15 is 0 Å². The van der Waals surface area contributed by atoms with Crippen LogP contribution in [0.25, 0.3) is 0 Å². The minimum Gasteiger partial charge on any atom is -0.480 e. The topological polar surface area (TPSA) is 128 Å². The number of thioether (sulfide) groups is 2. The first-order valence-electron chi connectivity index (χ1n) is 18.8. The fourth-order valence-electron chi connectivity index (χ4n) is 7.24. The summed E-state index contributed by atoms with van der Waals surface area (Å²) in [5, 5.41) is 19.2. The van der Waals surface area contributed by atoms with E-state index in [1.165, 1.54) is 18.7 Å². The highest BCUT2D eigenvalue weighted by Gasteiger charge is 2.41. The number of benzene rings is 4. The van der Waals surface area contributed by atoms with E-state index < -0.39 is 34.7 Å². The van der Waals surface area contributed by atoms with Crippen molar-refractivity contribution in [2.75, 3.05) is 24.3 Å². The Labute approximate surface area is 333 Å². The molecule has 5 rings (SSSR count). The third-order valence-corrected chi connectivity index (χ3v) is 12.4. The molecule has 4 atom stereocenters. The van der Waals surface area contributed by atoms with Gasteiger partial charge in [-0.3, -0.25) is 14.4 Å². The summed E-state index contributed by atoms with van der Waals surface area (Å²) >= 11 is 3.24. The van der Waals surface area contributed by atoms with Crippen molar-refractivity contribution in [3.63, 3.8) is 0 Å². The standard InChI is InChI=1S/C44H52N4O5S2/c1-30(2)40(42(51)48-28-33-17-15-14-16-32(33)26-39(48)41(50)47-38(43(52)53)24-25-54-4)45-27-37(46-31(3)49)29-55-44(34-18-8-5-9-19-34,35-20-10-6-11-21-35)36-22-12-7-13-23-36/h5-23,30,37-40,45H,24-29H2,1-4H3,(H,46,49)(H,47,50)(H,52,53)/t37-,38+,39+,40+/m1/s1. The van der Waals surface area contributed by atoms with Crippen LogP contribution < -0.4 is 16.0 Å². The lowest BCUT2D eigenvalue weighted by Crippen LogP contribution is -2.60. The fraction of sp³-hybridized carbons (Fsp3) is 0.364. The van der Waals surface area contributed by atoms with Crippen molar-refractivity contribution in [1.82, 2.24) is 20.9 Å². The first-order valence-corrected chi connectivity index (χ1v) is 21.1. The quantitative estimate of drug-likeness (QED) is 0.0893. The van der Waals surface area contributed by atoms with Gasteiger partial charge in [0.25, 0.3) is 0 Å². The highest BCUT2D eigenvalue weighted by Crippen LogP contribution is 2.48. The first kappa shape index (κ1) is 41.6. The van der Waals surface area contributed by atoms with E-state index in [1.54, 1.807) is 16.7 Å². The van der Waals surface area contributed by atoms with Crippen LogP contribution in [0, 0.1) is 5.92 Å². The lowest BCUT2D eigenvalue weighted by molar-refractivity contribution is -0.146. The summed E-state index contributed by atoms with van der Waals surface area (Å²) in [4.78, 5) is 54.8. The van der Waals surface area contributed by atoms with Gasteiger partial charge in [-0.1, -0.05) is 129 Å². The number of carboxylic acids is 1. The highest BCUT2D eigenvalue weighted by atomic mass is 32.2. The summed E-state index contributed by atoms with van der Waals surface area (Å²) < 4.78 is -0.598. The van der Waals surface area contributed by atoms with Crippen LogP contribution >= 0.6 is 23.5 Å². The molecule has 1 aliphatic rings. The summed E-state index contributed by atoms with van der Waals surface area (Å²) in [5.74, 6) is -1.08. The monoisotopic (exact) mass is 780 g/mol. The molecule has 0 bridgehead atoms. The minimum atomic E-state index is -1.10. The summed E-state index contributed by atoms with van der Waals surface area (Å²) in [5.41, 5.74) is 5.23. The van der Waals surface area contributed by atoms with E-state index in [0.717, 1.165) is 27.8 Å². The average molecular weight is 781 g/mol. The predicted molar refractivity (Wildman–Crippen MR) is 223 cm³/mol. The maximum Gasteiger partial charge on any atom is 0.326 e. The molecule has 0 radical (unpaired) electrons. The van der Waals surface area contributed by atoms with Crippen molar-refractivity contribution in [1.29, 1.82) is 0 Å². The Morgan fingerprint density at radius 1 is 0.800 bits per heavy atom. The van der Waals surface area contributed by atoms with E-state index in [2.05, 4.69) is 52.3 Å². The summed E-state index contributed by atoms with van der Waals surface area (Å²) in [6.45, 7) is 5.93. The van der Waals surface area contributed by atoms with Crippen LogP contribution in [-0.2, 0) is 36.9 Å². The van der Waals surface area contributed by atoms with Crippen molar-refractivity contribution in [3.8, 4) is 0 Å². The second kappa shape index (κ2) is 19.8. The molecule has 11 heteroatoms. The zero-order valence-corrected chi connectivity index (χ0v) is 33.6. The van der Waals surface area contributed by atoms with Crippen molar-refractivity contribution < 1.29 is 24.3 Å². The van der Waals surface area contributed by atoms with Gasteiger partial charge in [0.05, 0.1) is 16.8 Å². The number of hydrogen-bond donors (Lipinski definition) is 4. The summed E-state index contributed by atoms with van der Waals surface area (Å²) in [7, 11) is 0. The number of carboxylic acid groups (broad SMARTS) is 1. The van der Waals surface area contributed by atoms with E-state index in [4.69, 9.17) is 0 Å². The maximum absolute atomic E-state index is 14.6. The smallest absolute Gasteiger partial charge is 0.326 e. The molecule has 0 saturated heterocycles. The molecule has 0 aromatic heterocycles. The number of carbonyl (C=O) groups is 4. The second-order valence-corrected chi connectivity index (χ2v) is 16.5. The number of rotatable bonds is 18. The third kappa shape index (κ3) is 10.4. The third-order valence-electron chi connectivity index (χ3n) is 10.0. The average Bonchev–Trinajstić information content (AvgIpc) is 3.19. The number of fused-ring (bicyclic) bond motifs is 1. The normalized spacial score (nSPS) is 15.7. The van der Waals surface area contributed by atoms with Gasteiger partial charge in [0, 0.05) is 32.2 Å². The van der Waals surface area contributed by atoms with E-state index in [1.807, 2.05) is 99.0 Å². The van der Waals surface area contributed by atoms with Crippen molar-refractivity contribution in [2.45, 2.75) is 69.1 Å². The van der Waals surface area contributed by atoms with Gasteiger partial charge in [0.1, 0.15) is 12.1 Å². The van der Waals surface area contributed by atoms with Crippen molar-refractivity contribution in [2.24, 2.45) is 5.92 Å². The molecule has 0 spiro atoms. The number of nitrogens with one attached hydrogen (secondary N) is 3. The number of carbonyl (C=O) groups excluding carboxylic acids is 3. The van der Waals surface area contributed by atoms with Gasteiger partial charge < -0.3 is 26.0 Å². The first-order chi connectivity index (χ1) is 26.5. The molecule has 1 aliphatic heterocycles. The number of amides is 3. The van der Waals surface area contributed by atoms with Crippen LogP contribution in [0.15, 0.2) is 115 Å². The molecule has 0 fully saturated rings. The molecule has 0 aliphatic carbocycles. The van der Waals surface area contributed by atoms with Crippen LogP contribution in [0.2, 0.25) is 0 Å². The Bertz CT molecular complexity index is 1780. The Kier molecular flexibility index (Phi) is 15.0. The molecular weight excluding hydrogens is 729 g/mol. The maximum atomic E-state index is 14.6. The molecular formula is C44H52N4O5S2. The van der Waals surface area contributed by atoms with Gasteiger partial charge in [-0.25, -0.2) is 4.79 Å². The van der Waals surface area contributed by atoms with Crippen LogP contribution in [0.3, 0.4) is 0 Å². The van der Waals surface area contributed by atoms with Gasteiger partial charge >= 0.3 is 5.97 Å². The number of hydrogen-bond acceptors (Lipinski definition) is 7. The number of nitrogens with zero attached hydrogens (tertiary/aromatic N) is 1. The molecule has 4 aromatic carbocycles. The van der Waals surface area contributed by atoms with Crippen LogP contribution in [-0.4, -0.2) is 82.2 Å². The molecule has 4 N–H and O–H groups in total. The highest BCUT2D eigenvalue weighted by molar-refractivity contribution is 8.00. The Hall–Kier alpha value is -4.58. The molecule has 290 valence electrons. The lowest BCUT2D eigenvalue weighted by atomic mass is 9.84. The summed E-state index contributed by atoms with van der Waals surface area (Å²) in [6.07, 6.45) is 2.44. The van der Waals surface area contributed by atoms with E-state index in [9.17, 15) is 24.3 Å². The zero-order valence-electron chi connectivity index (χ0n) is 31.9. The van der Waals surface area contributed by atoms with Gasteiger partial charge in [-0.05, 0) is 52.2 Å². The van der Waals surface area contributed by atoms with Gasteiger partial charge in [-0.15, -0.1) is 11.8 Å². The molecule has 4 aromatic rings. The van der Waals surface area contributed by atoms with Gasteiger partial charge in [0.2, 0.25) is 17.7 Å². The molecule has 9 nitrogen and oxygen atoms in total. The van der Waals surface area contributed by atoms with E-state index in [0.29, 0.717) is 18.1 Å². The second-order valence-electron chi connectivity index (χ2n) is 14.3. The van der Waals surface area contributed by atoms with E-state index in [-0.39, 0.29) is 43.2 Å². The van der Waals surface area contributed by atoms with Gasteiger partial charge in [-0.2, -0.15) is 11.8 Å². The Morgan fingerprint density at radius 2 is 1.33 bits per heavy atom. The number of aliphatic carboxylic acids is 1. The van der Waals surface area contributed by atoms with Gasteiger partial charge in [0.15, 0.2) is 0 Å². The Balaban J connectivity index is 1.41. The Morgan fingerprint density at radius 3 is 1.82 bits per heavy atom. The molecule has 1 heterocycles. The van der Waals surface area contributed by atoms with Crippen molar-refractivity contribution in [3.05, 3.63) is 143 Å². The van der Waals surface area contributed by atoms with Crippen LogP contribution in [0.4, 0.5) is 0 Å². The SMILES string of the molecule is CSCC[C@H](NC(=O)[C@@H]1Cc2ccccc2CN1C(=O)[C@@H](NC[C@H](CSC(c1ccccc1)(c1ccccc1)c1ccccc1)NC(C)=O)C(C)C)C(=O)O. The fourth-order valence-corrected chi connectivity index (χ4v) is 9.27. The molecule has 0 saturated carbocycles. The molecule has 3 amide bonds. The summed E-state index contributed by atoms with van der Waals surface area (Å²) in [6, 6.07) is 35.8. The lowest BCUT2D eigenvalue weighted by Gasteiger charge is -2.40. The predicted octanol–water partition coefficient (Wildman–Crippen LogP) is 6.11. The van der Waals surface area contributed by atoms with Crippen molar-refractivity contribution >= 4 is 47.2 Å². The zero-order chi connectivity index (χ0) is 39.4. The van der Waals surface area contributed by atoms with Crippen LogP contribution in [0.1, 0.15) is 55.0 Å². The molecule has 0 unspecified atom stereocenters. The minimum absolute atomic E-state index is 0.163. The molecule has 55 heavy (non-hydrogen) atoms.